The molecular formula is C18H23N3O4. The summed E-state index contributed by atoms with van der Waals surface area (Å²) in [6.07, 6.45) is 0.112. The molecule has 7 heteroatoms. The molecule has 0 aliphatic heterocycles. The molecule has 0 atom stereocenters. The summed E-state index contributed by atoms with van der Waals surface area (Å²) >= 11 is 0. The lowest BCUT2D eigenvalue weighted by Crippen LogP contribution is -2.46. The van der Waals surface area contributed by atoms with Crippen LogP contribution in [0.15, 0.2) is 34.7 Å². The number of aryl methyl sites for hydroxylation is 2. The highest BCUT2D eigenvalue weighted by atomic mass is 16.5. The van der Waals surface area contributed by atoms with Gasteiger partial charge in [-0.2, -0.15) is 0 Å². The normalized spacial score (nSPS) is 10.4. The summed E-state index contributed by atoms with van der Waals surface area (Å²) in [4.78, 5) is 23.7. The van der Waals surface area contributed by atoms with Crippen molar-refractivity contribution in [3.63, 3.8) is 0 Å². The molecule has 0 saturated heterocycles. The molecule has 1 aromatic carbocycles. The fraction of sp³-hybridized carbons (Fsp3) is 0.333. The molecule has 0 saturated carbocycles. The van der Waals surface area contributed by atoms with Gasteiger partial charge in [-0.1, -0.05) is 12.1 Å². The van der Waals surface area contributed by atoms with Crippen LogP contribution in [0.4, 0.5) is 4.79 Å². The molecule has 0 aliphatic rings. The standard InChI is InChI=1S/C18H23N3O4/c1-11(2)24-15-7-5-14(6-8-15)10-19-18(23)21-20-17(22)16-9-12(3)25-13(16)4/h5-9,11H,10H2,1-4H3,(H,20,22)(H2,19,21,23). The van der Waals surface area contributed by atoms with Crippen LogP contribution in [0.2, 0.25) is 0 Å². The van der Waals surface area contributed by atoms with Crippen molar-refractivity contribution in [2.75, 3.05) is 0 Å². The van der Waals surface area contributed by atoms with Gasteiger partial charge in [0.05, 0.1) is 11.7 Å². The SMILES string of the molecule is Cc1cc(C(=O)NNC(=O)NCc2ccc(OC(C)C)cc2)c(C)o1. The lowest BCUT2D eigenvalue weighted by Gasteiger charge is -2.11. The van der Waals surface area contributed by atoms with E-state index in [-0.39, 0.29) is 6.10 Å². The zero-order chi connectivity index (χ0) is 18.4. The van der Waals surface area contributed by atoms with Crippen LogP contribution in [0, 0.1) is 13.8 Å². The number of hydrogen-bond acceptors (Lipinski definition) is 4. The number of furan rings is 1. The van der Waals surface area contributed by atoms with Crippen LogP contribution in [-0.2, 0) is 6.54 Å². The summed E-state index contributed by atoms with van der Waals surface area (Å²) < 4.78 is 10.8. The van der Waals surface area contributed by atoms with Crippen LogP contribution >= 0.6 is 0 Å². The van der Waals surface area contributed by atoms with E-state index in [1.165, 1.54) is 0 Å². The lowest BCUT2D eigenvalue weighted by atomic mass is 10.2. The third-order valence-electron chi connectivity index (χ3n) is 3.32. The summed E-state index contributed by atoms with van der Waals surface area (Å²) in [7, 11) is 0. The third kappa shape index (κ3) is 5.56. The molecule has 3 N–H and O–H groups in total. The number of benzene rings is 1. The number of hydrogen-bond donors (Lipinski definition) is 3. The Morgan fingerprint density at radius 2 is 1.80 bits per heavy atom. The van der Waals surface area contributed by atoms with Gasteiger partial charge in [-0.05, 0) is 51.5 Å². The summed E-state index contributed by atoms with van der Waals surface area (Å²) in [6, 6.07) is 8.54. The van der Waals surface area contributed by atoms with E-state index in [9.17, 15) is 9.59 Å². The number of ether oxygens (including phenoxy) is 1. The Labute approximate surface area is 146 Å². The smallest absolute Gasteiger partial charge is 0.333 e. The zero-order valence-electron chi connectivity index (χ0n) is 14.8. The van der Waals surface area contributed by atoms with E-state index in [2.05, 4.69) is 16.2 Å². The lowest BCUT2D eigenvalue weighted by molar-refractivity contribution is 0.0934. The van der Waals surface area contributed by atoms with Gasteiger partial charge in [-0.25, -0.2) is 10.2 Å². The molecule has 134 valence electrons. The number of carbonyl (C=O) groups is 2. The van der Waals surface area contributed by atoms with Crippen molar-refractivity contribution in [1.29, 1.82) is 0 Å². The second kappa shape index (κ2) is 8.23. The van der Waals surface area contributed by atoms with Gasteiger partial charge in [-0.3, -0.25) is 10.2 Å². The van der Waals surface area contributed by atoms with E-state index in [4.69, 9.17) is 9.15 Å². The monoisotopic (exact) mass is 345 g/mol. The zero-order valence-corrected chi connectivity index (χ0v) is 14.8. The molecule has 0 aliphatic carbocycles. The van der Waals surface area contributed by atoms with Gasteiger partial charge in [0.1, 0.15) is 17.3 Å². The van der Waals surface area contributed by atoms with Gasteiger partial charge in [-0.15, -0.1) is 0 Å². The quantitative estimate of drug-likeness (QED) is 0.727. The fourth-order valence-corrected chi connectivity index (χ4v) is 2.22. The highest BCUT2D eigenvalue weighted by molar-refractivity contribution is 5.96. The van der Waals surface area contributed by atoms with Crippen molar-refractivity contribution < 1.29 is 18.7 Å². The first kappa shape index (κ1) is 18.4. The highest BCUT2D eigenvalue weighted by Gasteiger charge is 2.13. The van der Waals surface area contributed by atoms with Crippen molar-refractivity contribution >= 4 is 11.9 Å². The van der Waals surface area contributed by atoms with Gasteiger partial charge >= 0.3 is 6.03 Å². The van der Waals surface area contributed by atoms with E-state index in [1.807, 2.05) is 38.1 Å². The number of urea groups is 1. The van der Waals surface area contributed by atoms with Crippen molar-refractivity contribution in [2.45, 2.75) is 40.3 Å². The molecule has 1 aromatic heterocycles. The van der Waals surface area contributed by atoms with E-state index < -0.39 is 11.9 Å². The van der Waals surface area contributed by atoms with Crippen molar-refractivity contribution in [2.24, 2.45) is 0 Å². The van der Waals surface area contributed by atoms with Crippen molar-refractivity contribution in [1.82, 2.24) is 16.2 Å². The maximum Gasteiger partial charge on any atom is 0.333 e. The highest BCUT2D eigenvalue weighted by Crippen LogP contribution is 2.14. The van der Waals surface area contributed by atoms with Crippen molar-refractivity contribution in [3.8, 4) is 5.75 Å². The molecule has 0 radical (unpaired) electrons. The van der Waals surface area contributed by atoms with E-state index in [1.54, 1.807) is 19.9 Å². The minimum absolute atomic E-state index is 0.112. The number of rotatable bonds is 5. The average molecular weight is 345 g/mol. The maximum absolute atomic E-state index is 12.0. The third-order valence-corrected chi connectivity index (χ3v) is 3.32. The molecular weight excluding hydrogens is 322 g/mol. The Bertz CT molecular complexity index is 735. The fourth-order valence-electron chi connectivity index (χ4n) is 2.22. The predicted octanol–water partition coefficient (Wildman–Crippen LogP) is 2.83. The van der Waals surface area contributed by atoms with E-state index >= 15 is 0 Å². The van der Waals surface area contributed by atoms with Gasteiger partial charge in [0.2, 0.25) is 0 Å². The summed E-state index contributed by atoms with van der Waals surface area (Å²) in [5.41, 5.74) is 5.95. The van der Waals surface area contributed by atoms with Gasteiger partial charge in [0, 0.05) is 6.54 Å². The van der Waals surface area contributed by atoms with Crippen LogP contribution in [0.25, 0.3) is 0 Å². The average Bonchev–Trinajstić information content (AvgIpc) is 2.90. The van der Waals surface area contributed by atoms with Crippen LogP contribution in [0.1, 0.15) is 41.3 Å². The molecule has 0 bridgehead atoms. The molecule has 7 nitrogen and oxygen atoms in total. The van der Waals surface area contributed by atoms with E-state index in [0.29, 0.717) is 23.6 Å². The predicted molar refractivity (Wildman–Crippen MR) is 93.2 cm³/mol. The second-order valence-corrected chi connectivity index (χ2v) is 5.90. The summed E-state index contributed by atoms with van der Waals surface area (Å²) in [5.74, 6) is 1.49. The Morgan fingerprint density at radius 3 is 2.36 bits per heavy atom. The van der Waals surface area contributed by atoms with E-state index in [0.717, 1.165) is 11.3 Å². The van der Waals surface area contributed by atoms with Crippen molar-refractivity contribution in [3.05, 3.63) is 53.0 Å². The number of carbonyl (C=O) groups excluding carboxylic acids is 2. The van der Waals surface area contributed by atoms with Gasteiger partial charge in [0.25, 0.3) is 5.91 Å². The number of nitrogens with one attached hydrogen (secondary N) is 3. The molecule has 2 rings (SSSR count). The molecule has 1 heterocycles. The molecule has 0 fully saturated rings. The first-order chi connectivity index (χ1) is 11.8. The topological polar surface area (TPSA) is 92.6 Å². The number of hydrazine groups is 1. The van der Waals surface area contributed by atoms with Gasteiger partial charge < -0.3 is 14.5 Å². The largest absolute Gasteiger partial charge is 0.491 e. The molecule has 2 aromatic rings. The van der Waals surface area contributed by atoms with Crippen LogP contribution in [-0.4, -0.2) is 18.0 Å². The Kier molecular flexibility index (Phi) is 6.05. The Balaban J connectivity index is 1.77. The van der Waals surface area contributed by atoms with Crippen LogP contribution in [0.3, 0.4) is 0 Å². The second-order valence-electron chi connectivity index (χ2n) is 5.90. The first-order valence-corrected chi connectivity index (χ1v) is 8.02. The summed E-state index contributed by atoms with van der Waals surface area (Å²) in [5, 5.41) is 2.66. The Hall–Kier alpha value is -2.96. The molecule has 0 spiro atoms. The first-order valence-electron chi connectivity index (χ1n) is 8.02. The summed E-state index contributed by atoms with van der Waals surface area (Å²) in [6.45, 7) is 7.68. The van der Waals surface area contributed by atoms with Gasteiger partial charge in [0.15, 0.2) is 0 Å². The molecule has 3 amide bonds. The minimum atomic E-state index is -0.506. The Morgan fingerprint density at radius 1 is 1.12 bits per heavy atom. The maximum atomic E-state index is 12.0. The molecule has 0 unspecified atom stereocenters. The minimum Gasteiger partial charge on any atom is -0.491 e. The number of amides is 3. The van der Waals surface area contributed by atoms with Crippen LogP contribution in [0.5, 0.6) is 5.75 Å². The van der Waals surface area contributed by atoms with Crippen LogP contribution < -0.4 is 20.9 Å². The molecule has 25 heavy (non-hydrogen) atoms.